The molecule has 9 heavy (non-hydrogen) atoms. The number of hydrogen-bond acceptors (Lipinski definition) is 0. The summed E-state index contributed by atoms with van der Waals surface area (Å²) >= 11 is 0. The van der Waals surface area contributed by atoms with Crippen LogP contribution in [0, 0.1) is 0 Å². The Morgan fingerprint density at radius 1 is 1.56 bits per heavy atom. The quantitative estimate of drug-likeness (QED) is 0.504. The third kappa shape index (κ3) is 4.01. The lowest BCUT2D eigenvalue weighted by atomic mass is 10.1. The van der Waals surface area contributed by atoms with Crippen molar-refractivity contribution in [3.63, 3.8) is 0 Å². The summed E-state index contributed by atoms with van der Waals surface area (Å²) in [7, 11) is 0. The van der Waals surface area contributed by atoms with Crippen molar-refractivity contribution in [2.75, 3.05) is 0 Å². The first-order valence-electron chi connectivity index (χ1n) is 3.62. The molecule has 0 radical (unpaired) electrons. The first kappa shape index (κ1) is 8.48. The fourth-order valence-corrected chi connectivity index (χ4v) is 0.745. The van der Waals surface area contributed by atoms with Crippen molar-refractivity contribution in [3.8, 4) is 0 Å². The first-order chi connectivity index (χ1) is 4.35. The van der Waals surface area contributed by atoms with Gasteiger partial charge in [-0.05, 0) is 19.8 Å². The predicted octanol–water partition coefficient (Wildman–Crippen LogP) is 3.31. The van der Waals surface area contributed by atoms with Crippen LogP contribution in [0.2, 0.25) is 0 Å². The average molecular weight is 124 g/mol. The van der Waals surface area contributed by atoms with Crippen molar-refractivity contribution < 1.29 is 0 Å². The largest absolute Gasteiger partial charge is 0.0988 e. The Balaban J connectivity index is 3.45. The summed E-state index contributed by atoms with van der Waals surface area (Å²) < 4.78 is 0. The van der Waals surface area contributed by atoms with Gasteiger partial charge >= 0.3 is 0 Å². The molecule has 0 aromatic rings. The minimum atomic E-state index is 1.19. The van der Waals surface area contributed by atoms with Gasteiger partial charge in [-0.3, -0.25) is 0 Å². The van der Waals surface area contributed by atoms with Crippen LogP contribution in [0.15, 0.2) is 24.3 Å². The van der Waals surface area contributed by atoms with E-state index >= 15 is 0 Å². The van der Waals surface area contributed by atoms with Crippen LogP contribution in [0.5, 0.6) is 0 Å². The molecule has 0 N–H and O–H groups in total. The highest BCUT2D eigenvalue weighted by atomic mass is 13.9. The standard InChI is InChI=1S/C9H16/c1-4-7-8-9(5-2)6-3/h5-6H,2,4,7-8H2,1,3H3/b9-6-. The molecule has 0 aliphatic carbocycles. The van der Waals surface area contributed by atoms with E-state index in [1.54, 1.807) is 0 Å². The van der Waals surface area contributed by atoms with Gasteiger partial charge in [-0.2, -0.15) is 0 Å². The molecule has 0 heterocycles. The van der Waals surface area contributed by atoms with E-state index in [0.29, 0.717) is 0 Å². The van der Waals surface area contributed by atoms with Crippen LogP contribution in [-0.2, 0) is 0 Å². The molecule has 0 amide bonds. The van der Waals surface area contributed by atoms with Crippen LogP contribution in [0.4, 0.5) is 0 Å². The van der Waals surface area contributed by atoms with Crippen molar-refractivity contribution in [1.29, 1.82) is 0 Å². The monoisotopic (exact) mass is 124 g/mol. The van der Waals surface area contributed by atoms with Crippen molar-refractivity contribution in [1.82, 2.24) is 0 Å². The molecule has 0 fully saturated rings. The van der Waals surface area contributed by atoms with E-state index in [1.807, 2.05) is 6.08 Å². The van der Waals surface area contributed by atoms with E-state index in [2.05, 4.69) is 26.5 Å². The lowest BCUT2D eigenvalue weighted by Gasteiger charge is -1.96. The molecule has 0 unspecified atom stereocenters. The molecule has 0 saturated heterocycles. The molecule has 0 heteroatoms. The van der Waals surface area contributed by atoms with Gasteiger partial charge in [0.1, 0.15) is 0 Å². The molecule has 0 bridgehead atoms. The summed E-state index contributed by atoms with van der Waals surface area (Å²) in [6, 6.07) is 0. The van der Waals surface area contributed by atoms with Gasteiger partial charge in [0.25, 0.3) is 0 Å². The molecule has 0 nitrogen and oxygen atoms in total. The Labute approximate surface area is 58.3 Å². The maximum absolute atomic E-state index is 3.72. The lowest BCUT2D eigenvalue weighted by molar-refractivity contribution is 0.797. The van der Waals surface area contributed by atoms with E-state index in [1.165, 1.54) is 24.8 Å². The van der Waals surface area contributed by atoms with Crippen molar-refractivity contribution in [3.05, 3.63) is 24.3 Å². The zero-order valence-corrected chi connectivity index (χ0v) is 6.48. The summed E-state index contributed by atoms with van der Waals surface area (Å²) in [5.74, 6) is 0. The Morgan fingerprint density at radius 3 is 2.56 bits per heavy atom. The maximum Gasteiger partial charge on any atom is -0.0282 e. The highest BCUT2D eigenvalue weighted by Crippen LogP contribution is 2.06. The van der Waals surface area contributed by atoms with E-state index < -0.39 is 0 Å². The number of unbranched alkanes of at least 4 members (excludes halogenated alkanes) is 1. The lowest BCUT2D eigenvalue weighted by Crippen LogP contribution is -1.76. The number of rotatable bonds is 4. The zero-order chi connectivity index (χ0) is 7.11. The van der Waals surface area contributed by atoms with Gasteiger partial charge in [-0.1, -0.05) is 37.6 Å². The second-order valence-corrected chi connectivity index (χ2v) is 2.17. The number of hydrogen-bond donors (Lipinski definition) is 0. The van der Waals surface area contributed by atoms with Gasteiger partial charge in [-0.25, -0.2) is 0 Å². The van der Waals surface area contributed by atoms with E-state index in [-0.39, 0.29) is 0 Å². The predicted molar refractivity (Wildman–Crippen MR) is 43.5 cm³/mol. The SMILES string of the molecule is C=C/C(=C/C)CCCC. The minimum absolute atomic E-state index is 1.19. The van der Waals surface area contributed by atoms with Crippen molar-refractivity contribution in [2.24, 2.45) is 0 Å². The molecule has 0 spiro atoms. The van der Waals surface area contributed by atoms with Gasteiger partial charge in [0.15, 0.2) is 0 Å². The van der Waals surface area contributed by atoms with Crippen LogP contribution in [0.1, 0.15) is 33.1 Å². The molecule has 0 aromatic heterocycles. The Kier molecular flexibility index (Phi) is 5.29. The molecule has 0 aromatic carbocycles. The second-order valence-electron chi connectivity index (χ2n) is 2.17. The van der Waals surface area contributed by atoms with E-state index in [9.17, 15) is 0 Å². The molecule has 0 atom stereocenters. The molecular weight excluding hydrogens is 108 g/mol. The van der Waals surface area contributed by atoms with Crippen molar-refractivity contribution in [2.45, 2.75) is 33.1 Å². The first-order valence-corrected chi connectivity index (χ1v) is 3.62. The summed E-state index contributed by atoms with van der Waals surface area (Å²) in [5, 5.41) is 0. The van der Waals surface area contributed by atoms with Crippen LogP contribution >= 0.6 is 0 Å². The second kappa shape index (κ2) is 5.61. The summed E-state index contributed by atoms with van der Waals surface area (Å²) in [6.07, 6.45) is 7.81. The molecule has 52 valence electrons. The van der Waals surface area contributed by atoms with Gasteiger partial charge in [0.05, 0.1) is 0 Å². The molecule has 0 rings (SSSR count). The fourth-order valence-electron chi connectivity index (χ4n) is 0.745. The summed E-state index contributed by atoms with van der Waals surface area (Å²) in [6.45, 7) is 7.98. The Morgan fingerprint density at radius 2 is 2.22 bits per heavy atom. The van der Waals surface area contributed by atoms with E-state index in [0.717, 1.165) is 0 Å². The Hall–Kier alpha value is -0.520. The van der Waals surface area contributed by atoms with E-state index in [4.69, 9.17) is 0 Å². The minimum Gasteiger partial charge on any atom is -0.0988 e. The highest BCUT2D eigenvalue weighted by molar-refractivity contribution is 5.14. The normalized spacial score (nSPS) is 11.6. The van der Waals surface area contributed by atoms with Crippen LogP contribution < -0.4 is 0 Å². The molecule has 0 aliphatic heterocycles. The van der Waals surface area contributed by atoms with Crippen LogP contribution in [0.25, 0.3) is 0 Å². The van der Waals surface area contributed by atoms with Crippen LogP contribution in [-0.4, -0.2) is 0 Å². The molecule has 0 saturated carbocycles. The zero-order valence-electron chi connectivity index (χ0n) is 6.48. The van der Waals surface area contributed by atoms with Gasteiger partial charge < -0.3 is 0 Å². The van der Waals surface area contributed by atoms with Crippen LogP contribution in [0.3, 0.4) is 0 Å². The summed E-state index contributed by atoms with van der Waals surface area (Å²) in [4.78, 5) is 0. The van der Waals surface area contributed by atoms with Gasteiger partial charge in [0, 0.05) is 0 Å². The fraction of sp³-hybridized carbons (Fsp3) is 0.556. The Bertz CT molecular complexity index is 98.6. The third-order valence-electron chi connectivity index (χ3n) is 1.45. The van der Waals surface area contributed by atoms with Gasteiger partial charge in [0.2, 0.25) is 0 Å². The molecular formula is C9H16. The maximum atomic E-state index is 3.72. The third-order valence-corrected chi connectivity index (χ3v) is 1.45. The smallest absolute Gasteiger partial charge is 0.0282 e. The van der Waals surface area contributed by atoms with Gasteiger partial charge in [-0.15, -0.1) is 0 Å². The van der Waals surface area contributed by atoms with Crippen molar-refractivity contribution >= 4 is 0 Å². The molecule has 0 aliphatic rings. The summed E-state index contributed by atoms with van der Waals surface area (Å²) in [5.41, 5.74) is 1.37. The average Bonchev–Trinajstić information content (AvgIpc) is 1.91. The topological polar surface area (TPSA) is 0 Å². The number of allylic oxidation sites excluding steroid dienone is 3. The highest BCUT2D eigenvalue weighted by Gasteiger charge is 1.86.